The van der Waals surface area contributed by atoms with Gasteiger partial charge in [0.05, 0.1) is 22.6 Å². The summed E-state index contributed by atoms with van der Waals surface area (Å²) in [5, 5.41) is 3.09. The van der Waals surface area contributed by atoms with Crippen molar-refractivity contribution in [2.75, 3.05) is 4.90 Å². The summed E-state index contributed by atoms with van der Waals surface area (Å²) >= 11 is 0. The Balaban J connectivity index is 1.26. The van der Waals surface area contributed by atoms with Crippen LogP contribution < -0.4 is 10.2 Å². The lowest BCUT2D eigenvalue weighted by molar-refractivity contribution is 0.0929. The van der Waals surface area contributed by atoms with Crippen molar-refractivity contribution in [2.24, 2.45) is 0 Å². The van der Waals surface area contributed by atoms with E-state index in [-0.39, 0.29) is 30.0 Å². The maximum absolute atomic E-state index is 13.1. The number of nitrogens with zero attached hydrogens (tertiary/aromatic N) is 2. The van der Waals surface area contributed by atoms with Gasteiger partial charge in [0.2, 0.25) is 0 Å². The lowest BCUT2D eigenvalue weighted by Crippen LogP contribution is -2.52. The molecule has 0 saturated heterocycles. The van der Waals surface area contributed by atoms with E-state index < -0.39 is 5.54 Å². The second-order valence-corrected chi connectivity index (χ2v) is 8.92. The molecule has 0 atom stereocenters. The van der Waals surface area contributed by atoms with Gasteiger partial charge in [-0.2, -0.15) is 0 Å². The number of hydrogen-bond donors (Lipinski definition) is 1. The molecule has 1 aromatic carbocycles. The van der Waals surface area contributed by atoms with Crippen LogP contribution in [0, 0.1) is 5.82 Å². The second-order valence-electron chi connectivity index (χ2n) is 8.92. The molecule has 2 aliphatic heterocycles. The number of anilines is 1. The summed E-state index contributed by atoms with van der Waals surface area (Å²) in [5.41, 5.74) is 2.55. The molecule has 0 radical (unpaired) electrons. The zero-order valence-corrected chi connectivity index (χ0v) is 16.4. The highest BCUT2D eigenvalue weighted by Crippen LogP contribution is 2.52. The summed E-state index contributed by atoms with van der Waals surface area (Å²) in [5.74, 6) is -0.239. The number of nitrogens with one attached hydrogen (secondary N) is 1. The standard InChI is InChI=1S/C23H22FN3O3/c24-15-3-1-13(2-4-15)21(28)26-23(9-10-23)19-8-7-18-20(25-19)14-11-16(12-14)27(18)22(29)30-17-5-6-17/h1-4,7-8,14,16-17H,5-6,9-12H2,(H,26,28). The first-order valence-corrected chi connectivity index (χ1v) is 10.6. The fourth-order valence-electron chi connectivity index (χ4n) is 4.55. The molecule has 3 saturated carbocycles. The van der Waals surface area contributed by atoms with E-state index >= 15 is 0 Å². The first-order valence-electron chi connectivity index (χ1n) is 10.6. The number of halogens is 1. The van der Waals surface area contributed by atoms with Crippen molar-refractivity contribution in [1.29, 1.82) is 0 Å². The van der Waals surface area contributed by atoms with Gasteiger partial charge in [0.1, 0.15) is 11.9 Å². The lowest BCUT2D eigenvalue weighted by atomic mass is 9.72. The zero-order chi connectivity index (χ0) is 20.5. The number of ether oxygens (including phenoxy) is 1. The summed E-state index contributed by atoms with van der Waals surface area (Å²) in [6.45, 7) is 0. The van der Waals surface area contributed by atoms with Gasteiger partial charge in [-0.1, -0.05) is 0 Å². The van der Waals surface area contributed by atoms with Crippen LogP contribution in [0.2, 0.25) is 0 Å². The number of aromatic nitrogens is 1. The van der Waals surface area contributed by atoms with Gasteiger partial charge in [0.15, 0.2) is 0 Å². The van der Waals surface area contributed by atoms with Gasteiger partial charge >= 0.3 is 6.09 Å². The predicted molar refractivity (Wildman–Crippen MR) is 107 cm³/mol. The van der Waals surface area contributed by atoms with Gasteiger partial charge in [0.25, 0.3) is 5.91 Å². The van der Waals surface area contributed by atoms with E-state index in [2.05, 4.69) is 5.32 Å². The normalized spacial score (nSPS) is 25.0. The first-order chi connectivity index (χ1) is 14.5. The van der Waals surface area contributed by atoms with Gasteiger partial charge < -0.3 is 10.1 Å². The molecule has 30 heavy (non-hydrogen) atoms. The maximum atomic E-state index is 13.1. The van der Waals surface area contributed by atoms with E-state index in [1.807, 2.05) is 12.1 Å². The van der Waals surface area contributed by atoms with Crippen molar-refractivity contribution in [3.05, 3.63) is 59.2 Å². The van der Waals surface area contributed by atoms with Crippen LogP contribution in [0.3, 0.4) is 0 Å². The third-order valence-corrected chi connectivity index (χ3v) is 6.72. The molecule has 7 rings (SSSR count). The van der Waals surface area contributed by atoms with Crippen molar-refractivity contribution in [3.63, 3.8) is 0 Å². The number of rotatable bonds is 4. The van der Waals surface area contributed by atoms with Crippen molar-refractivity contribution in [3.8, 4) is 0 Å². The molecule has 154 valence electrons. The van der Waals surface area contributed by atoms with E-state index in [1.54, 1.807) is 4.90 Å². The van der Waals surface area contributed by atoms with Crippen LogP contribution in [-0.4, -0.2) is 29.1 Å². The Labute approximate surface area is 173 Å². The fraction of sp³-hybridized carbons (Fsp3) is 0.435. The predicted octanol–water partition coefficient (Wildman–Crippen LogP) is 4.00. The Hall–Kier alpha value is -2.96. The van der Waals surface area contributed by atoms with Gasteiger partial charge in [0, 0.05) is 17.5 Å². The molecule has 0 spiro atoms. The zero-order valence-electron chi connectivity index (χ0n) is 16.4. The molecule has 2 bridgehead atoms. The molecule has 5 aliphatic rings. The molecule has 7 heteroatoms. The molecule has 3 heterocycles. The van der Waals surface area contributed by atoms with Gasteiger partial charge in [-0.05, 0) is 74.9 Å². The van der Waals surface area contributed by atoms with Crippen molar-refractivity contribution in [1.82, 2.24) is 10.3 Å². The lowest BCUT2D eigenvalue weighted by Gasteiger charge is -2.48. The van der Waals surface area contributed by atoms with Crippen LogP contribution in [0.25, 0.3) is 0 Å². The molecular weight excluding hydrogens is 385 g/mol. The van der Waals surface area contributed by atoms with Crippen LogP contribution in [-0.2, 0) is 10.3 Å². The minimum absolute atomic E-state index is 0.0717. The van der Waals surface area contributed by atoms with Crippen LogP contribution in [0.1, 0.15) is 66.2 Å². The summed E-state index contributed by atoms with van der Waals surface area (Å²) in [6.07, 6.45) is 5.17. The molecule has 0 unspecified atom stereocenters. The van der Waals surface area contributed by atoms with E-state index in [4.69, 9.17) is 9.72 Å². The number of carbonyl (C=O) groups excluding carboxylic acids is 2. The minimum Gasteiger partial charge on any atom is -0.446 e. The molecule has 1 N–H and O–H groups in total. The van der Waals surface area contributed by atoms with Crippen LogP contribution in [0.15, 0.2) is 36.4 Å². The van der Waals surface area contributed by atoms with E-state index in [0.717, 1.165) is 55.6 Å². The largest absolute Gasteiger partial charge is 0.446 e. The average Bonchev–Trinajstić information content (AvgIpc) is 3.64. The highest BCUT2D eigenvalue weighted by molar-refractivity contribution is 5.95. The number of carbonyl (C=O) groups is 2. The summed E-state index contributed by atoms with van der Waals surface area (Å²) in [6, 6.07) is 9.61. The van der Waals surface area contributed by atoms with E-state index in [9.17, 15) is 14.0 Å². The van der Waals surface area contributed by atoms with E-state index in [1.165, 1.54) is 24.3 Å². The third-order valence-electron chi connectivity index (χ3n) is 6.72. The molecule has 1 aromatic heterocycles. The second kappa shape index (κ2) is 6.27. The topological polar surface area (TPSA) is 71.5 Å². The Kier molecular flexibility index (Phi) is 3.73. The third kappa shape index (κ3) is 2.87. The van der Waals surface area contributed by atoms with Gasteiger partial charge in [-0.25, -0.2) is 9.18 Å². The smallest absolute Gasteiger partial charge is 0.414 e. The Morgan fingerprint density at radius 2 is 1.83 bits per heavy atom. The number of benzene rings is 1. The van der Waals surface area contributed by atoms with Crippen LogP contribution in [0.5, 0.6) is 0 Å². The monoisotopic (exact) mass is 407 g/mol. The molecule has 6 nitrogen and oxygen atoms in total. The number of pyridine rings is 1. The van der Waals surface area contributed by atoms with Crippen molar-refractivity contribution < 1.29 is 18.7 Å². The highest BCUT2D eigenvalue weighted by atomic mass is 19.1. The average molecular weight is 407 g/mol. The van der Waals surface area contributed by atoms with Crippen LogP contribution in [0.4, 0.5) is 14.9 Å². The Morgan fingerprint density at radius 3 is 2.50 bits per heavy atom. The summed E-state index contributed by atoms with van der Waals surface area (Å²) in [7, 11) is 0. The summed E-state index contributed by atoms with van der Waals surface area (Å²) in [4.78, 5) is 32.0. The summed E-state index contributed by atoms with van der Waals surface area (Å²) < 4.78 is 18.7. The molecule has 3 aliphatic carbocycles. The maximum Gasteiger partial charge on any atom is 0.414 e. The quantitative estimate of drug-likeness (QED) is 0.832. The molecule has 2 aromatic rings. The minimum atomic E-state index is -0.486. The van der Waals surface area contributed by atoms with Crippen LogP contribution >= 0.6 is 0 Å². The van der Waals surface area contributed by atoms with Crippen molar-refractivity contribution in [2.45, 2.75) is 62.1 Å². The van der Waals surface area contributed by atoms with Crippen molar-refractivity contribution >= 4 is 17.7 Å². The van der Waals surface area contributed by atoms with E-state index in [0.29, 0.717) is 11.5 Å². The number of hydrogen-bond acceptors (Lipinski definition) is 4. The van der Waals surface area contributed by atoms with Gasteiger partial charge in [-0.15, -0.1) is 0 Å². The molecule has 2 amide bonds. The fourth-order valence-corrected chi connectivity index (χ4v) is 4.55. The molecular formula is C23H22FN3O3. The van der Waals surface area contributed by atoms with Gasteiger partial charge in [-0.3, -0.25) is 14.7 Å². The Bertz CT molecular complexity index is 1040. The number of amides is 2. The highest BCUT2D eigenvalue weighted by Gasteiger charge is 2.51. The molecule has 3 fully saturated rings. The SMILES string of the molecule is O=C(NC1(c2ccc3c(n2)C2CC(C2)N3C(=O)OC2CC2)CC1)c1ccc(F)cc1. The Morgan fingerprint density at radius 1 is 1.10 bits per heavy atom. The first kappa shape index (κ1) is 17.9.